The highest BCUT2D eigenvalue weighted by Gasteiger charge is 2.22. The van der Waals surface area contributed by atoms with E-state index in [-0.39, 0.29) is 17.5 Å². The summed E-state index contributed by atoms with van der Waals surface area (Å²) in [5, 5.41) is 2.84. The highest BCUT2D eigenvalue weighted by Crippen LogP contribution is 2.21. The van der Waals surface area contributed by atoms with E-state index in [2.05, 4.69) is 10.1 Å². The number of anilines is 1. The van der Waals surface area contributed by atoms with Crippen LogP contribution in [-0.4, -0.2) is 12.6 Å². The van der Waals surface area contributed by atoms with Gasteiger partial charge in [0.15, 0.2) is 0 Å². The molecule has 0 amide bonds. The van der Waals surface area contributed by atoms with E-state index >= 15 is 0 Å². The predicted octanol–water partition coefficient (Wildman–Crippen LogP) is 2.24. The first-order valence-corrected chi connectivity index (χ1v) is 4.63. The summed E-state index contributed by atoms with van der Waals surface area (Å²) in [6, 6.07) is 5.87. The fraction of sp³-hybridized carbons (Fsp3) is 0.100. The third kappa shape index (κ3) is 2.10. The first-order chi connectivity index (χ1) is 7.16. The molecule has 0 spiro atoms. The van der Waals surface area contributed by atoms with E-state index < -0.39 is 5.97 Å². The van der Waals surface area contributed by atoms with E-state index in [9.17, 15) is 9.18 Å². The maximum atomic E-state index is 12.8. The lowest BCUT2D eigenvalue weighted by Crippen LogP contribution is -2.01. The summed E-state index contributed by atoms with van der Waals surface area (Å²) >= 11 is 5.67. The summed E-state index contributed by atoms with van der Waals surface area (Å²) in [5.74, 6) is -0.919. The minimum absolute atomic E-state index is 0.0132. The summed E-state index contributed by atoms with van der Waals surface area (Å²) in [7, 11) is 0. The number of cyclic esters (lactones) is 1. The lowest BCUT2D eigenvalue weighted by molar-refractivity contribution is -0.135. The van der Waals surface area contributed by atoms with Crippen LogP contribution >= 0.6 is 11.6 Å². The molecule has 0 fully saturated rings. The largest absolute Gasteiger partial charge is 0.455 e. The maximum Gasteiger partial charge on any atom is 0.352 e. The monoisotopic (exact) mass is 227 g/mol. The average Bonchev–Trinajstić information content (AvgIpc) is 2.50. The second kappa shape index (κ2) is 3.90. The van der Waals surface area contributed by atoms with Gasteiger partial charge in [-0.05, 0) is 18.2 Å². The number of esters is 1. The minimum atomic E-state index is -0.560. The van der Waals surface area contributed by atoms with Gasteiger partial charge in [-0.2, -0.15) is 0 Å². The molecule has 0 aromatic heterocycles. The number of nitrogens with one attached hydrogen (secondary N) is 1. The van der Waals surface area contributed by atoms with Gasteiger partial charge in [-0.15, -0.1) is 0 Å². The van der Waals surface area contributed by atoms with Crippen molar-refractivity contribution in [1.29, 1.82) is 0 Å². The number of halogens is 2. The minimum Gasteiger partial charge on any atom is -0.455 e. The van der Waals surface area contributed by atoms with E-state index in [0.717, 1.165) is 0 Å². The van der Waals surface area contributed by atoms with E-state index in [1.165, 1.54) is 12.1 Å². The Morgan fingerprint density at radius 3 is 2.87 bits per heavy atom. The summed E-state index contributed by atoms with van der Waals surface area (Å²) in [6.07, 6.45) is 0. The molecule has 1 N–H and O–H groups in total. The van der Waals surface area contributed by atoms with Crippen LogP contribution in [0.4, 0.5) is 10.1 Å². The highest BCUT2D eigenvalue weighted by molar-refractivity contribution is 6.42. The molecule has 1 aliphatic heterocycles. The Labute approximate surface area is 90.5 Å². The van der Waals surface area contributed by atoms with Gasteiger partial charge in [0.25, 0.3) is 0 Å². The molecule has 78 valence electrons. The van der Waals surface area contributed by atoms with E-state index in [1.807, 2.05) is 0 Å². The van der Waals surface area contributed by atoms with Crippen molar-refractivity contribution in [2.24, 2.45) is 0 Å². The zero-order chi connectivity index (χ0) is 10.8. The Kier molecular flexibility index (Phi) is 2.60. The van der Waals surface area contributed by atoms with Crippen molar-refractivity contribution in [2.45, 2.75) is 0 Å². The van der Waals surface area contributed by atoms with Crippen molar-refractivity contribution >= 4 is 23.3 Å². The Hall–Kier alpha value is -1.55. The topological polar surface area (TPSA) is 38.3 Å². The standard InChI is InChI=1S/C10H7ClFNO2/c11-9-8(5-15-10(9)14)13-7-3-1-2-6(12)4-7/h1-4,13H,5H2. The van der Waals surface area contributed by atoms with E-state index in [1.54, 1.807) is 12.1 Å². The first-order valence-electron chi connectivity index (χ1n) is 4.25. The molecule has 1 aromatic rings. The molecule has 0 saturated carbocycles. The molecule has 2 rings (SSSR count). The van der Waals surface area contributed by atoms with Gasteiger partial charge in [0.1, 0.15) is 17.5 Å². The molecule has 1 aromatic carbocycles. The lowest BCUT2D eigenvalue weighted by Gasteiger charge is -2.05. The third-order valence-corrected chi connectivity index (χ3v) is 2.29. The molecule has 0 atom stereocenters. The van der Waals surface area contributed by atoms with Gasteiger partial charge in [-0.3, -0.25) is 0 Å². The molecule has 0 saturated heterocycles. The molecule has 0 bridgehead atoms. The van der Waals surface area contributed by atoms with Crippen LogP contribution in [0, 0.1) is 5.82 Å². The van der Waals surface area contributed by atoms with Gasteiger partial charge >= 0.3 is 5.97 Å². The van der Waals surface area contributed by atoms with Crippen molar-refractivity contribution < 1.29 is 13.9 Å². The number of hydrogen-bond donors (Lipinski definition) is 1. The first kappa shape index (κ1) is 9.98. The molecule has 1 heterocycles. The zero-order valence-electron chi connectivity index (χ0n) is 7.59. The quantitative estimate of drug-likeness (QED) is 0.788. The molecule has 5 heteroatoms. The predicted molar refractivity (Wildman–Crippen MR) is 53.9 cm³/mol. The fourth-order valence-corrected chi connectivity index (χ4v) is 1.38. The van der Waals surface area contributed by atoms with Gasteiger partial charge in [0.05, 0.1) is 5.70 Å². The van der Waals surface area contributed by atoms with Gasteiger partial charge in [-0.25, -0.2) is 9.18 Å². The molecule has 0 aliphatic carbocycles. The van der Waals surface area contributed by atoms with E-state index in [4.69, 9.17) is 11.6 Å². The van der Waals surface area contributed by atoms with Crippen LogP contribution < -0.4 is 5.32 Å². The smallest absolute Gasteiger partial charge is 0.352 e. The maximum absolute atomic E-state index is 12.8. The van der Waals surface area contributed by atoms with Crippen LogP contribution in [0.1, 0.15) is 0 Å². The van der Waals surface area contributed by atoms with Crippen molar-refractivity contribution in [1.82, 2.24) is 0 Å². The lowest BCUT2D eigenvalue weighted by atomic mass is 10.3. The normalized spacial score (nSPS) is 15.5. The van der Waals surface area contributed by atoms with Crippen molar-refractivity contribution in [2.75, 3.05) is 11.9 Å². The Balaban J connectivity index is 2.19. The highest BCUT2D eigenvalue weighted by atomic mass is 35.5. The average molecular weight is 228 g/mol. The zero-order valence-corrected chi connectivity index (χ0v) is 8.34. The summed E-state index contributed by atoms with van der Waals surface area (Å²) in [4.78, 5) is 10.9. The van der Waals surface area contributed by atoms with Gasteiger partial charge in [0.2, 0.25) is 0 Å². The van der Waals surface area contributed by atoms with Crippen LogP contribution in [0.25, 0.3) is 0 Å². The molecule has 0 unspecified atom stereocenters. The fourth-order valence-electron chi connectivity index (χ4n) is 1.22. The van der Waals surface area contributed by atoms with Gasteiger partial charge in [0, 0.05) is 5.69 Å². The number of hydrogen-bond acceptors (Lipinski definition) is 3. The number of carbonyl (C=O) groups is 1. The van der Waals surface area contributed by atoms with Crippen molar-refractivity contribution in [3.05, 3.63) is 40.8 Å². The molecule has 1 aliphatic rings. The SMILES string of the molecule is O=C1OCC(Nc2cccc(F)c2)=C1Cl. The van der Waals surface area contributed by atoms with Crippen molar-refractivity contribution in [3.63, 3.8) is 0 Å². The number of carbonyl (C=O) groups excluding carboxylic acids is 1. The summed E-state index contributed by atoms with van der Waals surface area (Å²) in [6.45, 7) is 0.0914. The number of ether oxygens (including phenoxy) is 1. The third-order valence-electron chi connectivity index (χ3n) is 1.91. The van der Waals surface area contributed by atoms with Gasteiger partial charge in [-0.1, -0.05) is 17.7 Å². The Morgan fingerprint density at radius 1 is 1.47 bits per heavy atom. The number of benzene rings is 1. The van der Waals surface area contributed by atoms with Gasteiger partial charge < -0.3 is 10.1 Å². The van der Waals surface area contributed by atoms with Crippen molar-refractivity contribution in [3.8, 4) is 0 Å². The Morgan fingerprint density at radius 2 is 2.27 bits per heavy atom. The Bertz CT molecular complexity index is 445. The molecular formula is C10H7ClFNO2. The van der Waals surface area contributed by atoms with Crippen LogP contribution in [0.5, 0.6) is 0 Å². The van der Waals surface area contributed by atoms with Crippen LogP contribution in [-0.2, 0) is 9.53 Å². The van der Waals surface area contributed by atoms with E-state index in [0.29, 0.717) is 11.4 Å². The van der Waals surface area contributed by atoms with Crippen LogP contribution in [0.15, 0.2) is 35.0 Å². The summed E-state index contributed by atoms with van der Waals surface area (Å²) in [5.41, 5.74) is 0.980. The molecular weight excluding hydrogens is 221 g/mol. The molecule has 15 heavy (non-hydrogen) atoms. The summed E-state index contributed by atoms with van der Waals surface area (Å²) < 4.78 is 17.5. The molecule has 3 nitrogen and oxygen atoms in total. The molecule has 0 radical (unpaired) electrons. The second-order valence-corrected chi connectivity index (χ2v) is 3.38. The van der Waals surface area contributed by atoms with Crippen LogP contribution in [0.3, 0.4) is 0 Å². The second-order valence-electron chi connectivity index (χ2n) is 3.00. The van der Waals surface area contributed by atoms with Crippen LogP contribution in [0.2, 0.25) is 0 Å². The number of rotatable bonds is 2.